The van der Waals surface area contributed by atoms with E-state index in [0.29, 0.717) is 11.1 Å². The number of rotatable bonds is 5. The Morgan fingerprint density at radius 1 is 0.950 bits per heavy atom. The summed E-state index contributed by atoms with van der Waals surface area (Å²) in [7, 11) is -4.39. The average Bonchev–Trinajstić information content (AvgIpc) is 2.45. The highest BCUT2D eigenvalue weighted by molar-refractivity contribution is 7.52. The van der Waals surface area contributed by atoms with E-state index in [2.05, 4.69) is 0 Å². The van der Waals surface area contributed by atoms with Crippen molar-refractivity contribution in [2.45, 2.75) is 12.1 Å². The monoisotopic (exact) mass is 290 g/mol. The molecule has 0 heterocycles. The number of carbonyl (C=O) groups is 1. The van der Waals surface area contributed by atoms with Gasteiger partial charge in [0.25, 0.3) is 0 Å². The number of carbonyl (C=O) groups excluding carboxylic acids is 1. The summed E-state index contributed by atoms with van der Waals surface area (Å²) < 4.78 is 11.6. The predicted octanol–water partition coefficient (Wildman–Crippen LogP) is 3.18. The van der Waals surface area contributed by atoms with Crippen molar-refractivity contribution in [2.75, 3.05) is 0 Å². The van der Waals surface area contributed by atoms with Gasteiger partial charge >= 0.3 is 7.60 Å². The van der Waals surface area contributed by atoms with Gasteiger partial charge in [0.05, 0.1) is 5.66 Å². The van der Waals surface area contributed by atoms with E-state index in [1.54, 1.807) is 60.7 Å². The number of hydrogen-bond donors (Lipinski definition) is 2. The van der Waals surface area contributed by atoms with Gasteiger partial charge in [-0.1, -0.05) is 60.7 Å². The minimum atomic E-state index is -4.39. The molecule has 2 rings (SSSR count). The van der Waals surface area contributed by atoms with Crippen LogP contribution < -0.4 is 0 Å². The van der Waals surface area contributed by atoms with Crippen LogP contribution in [0, 0.1) is 0 Å². The molecular formula is C15H15O4P. The van der Waals surface area contributed by atoms with Crippen molar-refractivity contribution < 1.29 is 19.1 Å². The van der Waals surface area contributed by atoms with Gasteiger partial charge in [0.15, 0.2) is 5.78 Å². The van der Waals surface area contributed by atoms with Crippen molar-refractivity contribution in [1.29, 1.82) is 0 Å². The van der Waals surface area contributed by atoms with Crippen LogP contribution in [0.5, 0.6) is 0 Å². The summed E-state index contributed by atoms with van der Waals surface area (Å²) in [6.45, 7) is 0. The fraction of sp³-hybridized carbons (Fsp3) is 0.133. The van der Waals surface area contributed by atoms with Gasteiger partial charge in [0, 0.05) is 12.0 Å². The van der Waals surface area contributed by atoms with Crippen LogP contribution in [0.25, 0.3) is 0 Å². The molecule has 0 saturated heterocycles. The Morgan fingerprint density at radius 2 is 1.45 bits per heavy atom. The molecule has 0 bridgehead atoms. The number of hydrogen-bond acceptors (Lipinski definition) is 2. The van der Waals surface area contributed by atoms with Gasteiger partial charge in [0.1, 0.15) is 0 Å². The largest absolute Gasteiger partial charge is 0.333 e. The molecule has 2 N–H and O–H groups in total. The first-order chi connectivity index (χ1) is 9.48. The van der Waals surface area contributed by atoms with Gasteiger partial charge in [-0.2, -0.15) is 0 Å². The molecular weight excluding hydrogens is 275 g/mol. The predicted molar refractivity (Wildman–Crippen MR) is 76.6 cm³/mol. The van der Waals surface area contributed by atoms with Crippen LogP contribution in [-0.2, 0) is 4.57 Å². The highest BCUT2D eigenvalue weighted by atomic mass is 31.2. The maximum Gasteiger partial charge on any atom is 0.333 e. The summed E-state index contributed by atoms with van der Waals surface area (Å²) in [5.74, 6) is -0.275. The molecule has 2 aromatic carbocycles. The van der Waals surface area contributed by atoms with Crippen LogP contribution >= 0.6 is 7.60 Å². The van der Waals surface area contributed by atoms with Crippen molar-refractivity contribution in [3.05, 3.63) is 71.8 Å². The molecule has 0 saturated carbocycles. The van der Waals surface area contributed by atoms with Gasteiger partial charge < -0.3 is 9.79 Å². The van der Waals surface area contributed by atoms with Crippen LogP contribution in [0.15, 0.2) is 60.7 Å². The van der Waals surface area contributed by atoms with E-state index in [1.165, 1.54) is 0 Å². The minimum absolute atomic E-state index is 0.210. The third-order valence-electron chi connectivity index (χ3n) is 3.06. The quantitative estimate of drug-likeness (QED) is 0.655. The van der Waals surface area contributed by atoms with E-state index in [4.69, 9.17) is 0 Å². The summed E-state index contributed by atoms with van der Waals surface area (Å²) in [6.07, 6.45) is -0.210. The number of benzene rings is 2. The molecule has 20 heavy (non-hydrogen) atoms. The average molecular weight is 290 g/mol. The minimum Gasteiger partial charge on any atom is -0.324 e. The summed E-state index contributed by atoms with van der Waals surface area (Å²) in [5.41, 5.74) is -0.164. The fourth-order valence-corrected chi connectivity index (χ4v) is 2.99. The highest BCUT2D eigenvalue weighted by Gasteiger charge is 2.32. The van der Waals surface area contributed by atoms with Crippen LogP contribution in [-0.4, -0.2) is 15.6 Å². The zero-order valence-corrected chi connectivity index (χ0v) is 11.6. The standard InChI is InChI=1S/C15H15O4P/c16-14(12-7-3-1-4-8-12)11-15(20(17,18)19)13-9-5-2-6-10-13/h1-10,15H,11H2,(H2,17,18,19). The highest BCUT2D eigenvalue weighted by Crippen LogP contribution is 2.53. The van der Waals surface area contributed by atoms with E-state index in [9.17, 15) is 19.1 Å². The third kappa shape index (κ3) is 3.64. The van der Waals surface area contributed by atoms with Crippen molar-refractivity contribution in [1.82, 2.24) is 0 Å². The Kier molecular flexibility index (Phi) is 4.50. The Morgan fingerprint density at radius 3 is 1.95 bits per heavy atom. The molecule has 0 aromatic heterocycles. The molecule has 2 aromatic rings. The van der Waals surface area contributed by atoms with Crippen LogP contribution in [0.4, 0.5) is 0 Å². The topological polar surface area (TPSA) is 74.6 Å². The Hall–Kier alpha value is -1.74. The zero-order valence-electron chi connectivity index (χ0n) is 10.7. The molecule has 0 aliphatic carbocycles. The van der Waals surface area contributed by atoms with Crippen LogP contribution in [0.2, 0.25) is 0 Å². The van der Waals surface area contributed by atoms with Crippen molar-refractivity contribution in [3.8, 4) is 0 Å². The van der Waals surface area contributed by atoms with Gasteiger partial charge in [0.2, 0.25) is 0 Å². The SMILES string of the molecule is O=C(CC(c1ccccc1)P(=O)(O)O)c1ccccc1. The van der Waals surface area contributed by atoms with Gasteiger partial charge in [-0.05, 0) is 5.56 Å². The molecule has 1 unspecified atom stereocenters. The second-order valence-corrected chi connectivity index (χ2v) is 6.31. The fourth-order valence-electron chi connectivity index (χ4n) is 2.02. The zero-order chi connectivity index (χ0) is 14.6. The van der Waals surface area contributed by atoms with Gasteiger partial charge in [-0.3, -0.25) is 9.36 Å². The Labute approximate surface area is 117 Å². The summed E-state index contributed by atoms with van der Waals surface area (Å²) >= 11 is 0. The van der Waals surface area contributed by atoms with Crippen molar-refractivity contribution in [3.63, 3.8) is 0 Å². The Bertz CT molecular complexity index is 619. The lowest BCUT2D eigenvalue weighted by molar-refractivity contribution is 0.0977. The molecule has 1 atom stereocenters. The summed E-state index contributed by atoms with van der Waals surface area (Å²) in [4.78, 5) is 31.1. The van der Waals surface area contributed by atoms with Gasteiger partial charge in [-0.15, -0.1) is 0 Å². The second kappa shape index (κ2) is 6.14. The molecule has 0 amide bonds. The number of ketones is 1. The summed E-state index contributed by atoms with van der Waals surface area (Å²) in [6, 6.07) is 16.9. The van der Waals surface area contributed by atoms with E-state index in [-0.39, 0.29) is 12.2 Å². The molecule has 104 valence electrons. The lowest BCUT2D eigenvalue weighted by Gasteiger charge is -2.18. The lowest BCUT2D eigenvalue weighted by Crippen LogP contribution is -2.08. The lowest BCUT2D eigenvalue weighted by atomic mass is 10.0. The van der Waals surface area contributed by atoms with Gasteiger partial charge in [-0.25, -0.2) is 0 Å². The first kappa shape index (κ1) is 14.7. The molecule has 0 aliphatic heterocycles. The molecule has 0 fully saturated rings. The Balaban J connectivity index is 2.27. The molecule has 5 heteroatoms. The maximum atomic E-state index is 12.1. The number of Topliss-reactive ketones (excluding diaryl/α,β-unsaturated/α-hetero) is 1. The van der Waals surface area contributed by atoms with E-state index >= 15 is 0 Å². The smallest absolute Gasteiger partial charge is 0.324 e. The first-order valence-corrected chi connectivity index (χ1v) is 7.85. The normalized spacial score (nSPS) is 12.9. The maximum absolute atomic E-state index is 12.1. The van der Waals surface area contributed by atoms with E-state index < -0.39 is 13.3 Å². The first-order valence-electron chi connectivity index (χ1n) is 6.17. The molecule has 4 nitrogen and oxygen atoms in total. The van der Waals surface area contributed by atoms with E-state index in [0.717, 1.165) is 0 Å². The second-order valence-electron chi connectivity index (χ2n) is 4.51. The van der Waals surface area contributed by atoms with Crippen molar-refractivity contribution >= 4 is 13.4 Å². The third-order valence-corrected chi connectivity index (χ3v) is 4.36. The van der Waals surface area contributed by atoms with Crippen LogP contribution in [0.1, 0.15) is 28.0 Å². The molecule has 0 aliphatic rings. The van der Waals surface area contributed by atoms with Crippen molar-refractivity contribution in [2.24, 2.45) is 0 Å². The molecule has 0 radical (unpaired) electrons. The van der Waals surface area contributed by atoms with Crippen LogP contribution in [0.3, 0.4) is 0 Å². The summed E-state index contributed by atoms with van der Waals surface area (Å²) in [5, 5.41) is 0. The van der Waals surface area contributed by atoms with E-state index in [1.807, 2.05) is 0 Å². The molecule has 0 spiro atoms.